The van der Waals surface area contributed by atoms with Crippen molar-refractivity contribution in [1.82, 2.24) is 10.0 Å². The molecule has 1 aliphatic rings. The van der Waals surface area contributed by atoms with E-state index in [0.29, 0.717) is 44.3 Å². The smallest absolute Gasteiger partial charge is 0.240 e. The van der Waals surface area contributed by atoms with E-state index in [4.69, 9.17) is 14.2 Å². The summed E-state index contributed by atoms with van der Waals surface area (Å²) in [5, 5.41) is 2.75. The zero-order chi connectivity index (χ0) is 21.2. The number of rotatable bonds is 10. The summed E-state index contributed by atoms with van der Waals surface area (Å²) in [5.74, 6) is 1.56. The Morgan fingerprint density at radius 2 is 1.77 bits per heavy atom. The second kappa shape index (κ2) is 10.8. The number of benzene rings is 2. The van der Waals surface area contributed by atoms with Crippen molar-refractivity contribution in [3.05, 3.63) is 48.5 Å². The average molecular weight is 435 g/mol. The van der Waals surface area contributed by atoms with Crippen LogP contribution in [0.2, 0.25) is 0 Å². The number of amides is 1. The molecule has 8 nitrogen and oxygen atoms in total. The van der Waals surface area contributed by atoms with Crippen LogP contribution in [0.1, 0.15) is 19.3 Å². The van der Waals surface area contributed by atoms with Gasteiger partial charge in [0.05, 0.1) is 24.7 Å². The van der Waals surface area contributed by atoms with Gasteiger partial charge < -0.3 is 19.5 Å². The van der Waals surface area contributed by atoms with Crippen LogP contribution in [-0.2, 0) is 14.8 Å². The number of fused-ring (bicyclic) bond motifs is 1. The molecule has 0 fully saturated rings. The van der Waals surface area contributed by atoms with Gasteiger partial charge in [0, 0.05) is 25.5 Å². The lowest BCUT2D eigenvalue weighted by Crippen LogP contribution is -2.30. The lowest BCUT2D eigenvalue weighted by atomic mass is 10.3. The summed E-state index contributed by atoms with van der Waals surface area (Å²) in [4.78, 5) is 12.0. The summed E-state index contributed by atoms with van der Waals surface area (Å²) in [6, 6.07) is 13.9. The van der Waals surface area contributed by atoms with Crippen LogP contribution in [0.4, 0.5) is 0 Å². The van der Waals surface area contributed by atoms with Crippen LogP contribution < -0.4 is 24.2 Å². The largest absolute Gasteiger partial charge is 0.492 e. The zero-order valence-electron chi connectivity index (χ0n) is 16.6. The lowest BCUT2D eigenvalue weighted by molar-refractivity contribution is -0.121. The lowest BCUT2D eigenvalue weighted by Gasteiger charge is -2.11. The predicted octanol–water partition coefficient (Wildman–Crippen LogP) is 2.10. The minimum atomic E-state index is -3.69. The molecule has 0 saturated carbocycles. The maximum Gasteiger partial charge on any atom is 0.240 e. The summed E-state index contributed by atoms with van der Waals surface area (Å²) in [6.07, 6.45) is 1.35. The third-order valence-corrected chi connectivity index (χ3v) is 5.80. The number of hydrogen-bond acceptors (Lipinski definition) is 6. The molecule has 0 atom stereocenters. The molecule has 0 radical (unpaired) electrons. The van der Waals surface area contributed by atoms with E-state index in [1.54, 1.807) is 6.07 Å². The third kappa shape index (κ3) is 6.64. The van der Waals surface area contributed by atoms with E-state index in [0.717, 1.165) is 12.2 Å². The summed E-state index contributed by atoms with van der Waals surface area (Å²) in [6.45, 7) is 1.93. The maximum absolute atomic E-state index is 12.5. The molecule has 0 unspecified atom stereocenters. The summed E-state index contributed by atoms with van der Waals surface area (Å²) >= 11 is 0. The van der Waals surface area contributed by atoms with Gasteiger partial charge in [0.15, 0.2) is 11.5 Å². The molecular formula is C21H26N2O6S. The Morgan fingerprint density at radius 3 is 2.57 bits per heavy atom. The van der Waals surface area contributed by atoms with E-state index in [1.165, 1.54) is 12.1 Å². The molecule has 1 heterocycles. The van der Waals surface area contributed by atoms with E-state index < -0.39 is 10.0 Å². The minimum absolute atomic E-state index is 0.106. The van der Waals surface area contributed by atoms with Crippen molar-refractivity contribution in [1.29, 1.82) is 0 Å². The van der Waals surface area contributed by atoms with Gasteiger partial charge in [-0.05, 0) is 30.7 Å². The molecule has 9 heteroatoms. The van der Waals surface area contributed by atoms with Gasteiger partial charge in [-0.1, -0.05) is 18.2 Å². The first kappa shape index (κ1) is 21.9. The highest BCUT2D eigenvalue weighted by Gasteiger charge is 2.18. The van der Waals surface area contributed by atoms with Crippen LogP contribution in [0.5, 0.6) is 17.2 Å². The van der Waals surface area contributed by atoms with Crippen molar-refractivity contribution in [2.45, 2.75) is 24.2 Å². The minimum Gasteiger partial charge on any atom is -0.492 e. The fraction of sp³-hybridized carbons (Fsp3) is 0.381. The van der Waals surface area contributed by atoms with Gasteiger partial charge in [0.25, 0.3) is 0 Å². The highest BCUT2D eigenvalue weighted by molar-refractivity contribution is 7.89. The molecule has 0 bridgehead atoms. The Balaban J connectivity index is 1.36. The summed E-state index contributed by atoms with van der Waals surface area (Å²) in [7, 11) is -3.69. The monoisotopic (exact) mass is 434 g/mol. The molecule has 2 aromatic carbocycles. The van der Waals surface area contributed by atoms with Gasteiger partial charge in [-0.2, -0.15) is 0 Å². The van der Waals surface area contributed by atoms with E-state index in [9.17, 15) is 13.2 Å². The quantitative estimate of drug-likeness (QED) is 0.555. The first-order chi connectivity index (χ1) is 14.5. The SMILES string of the molecule is O=C(CCCNS(=O)(=O)c1ccc2c(c1)OCCCO2)NCCOc1ccccc1. The number of carbonyl (C=O) groups excluding carboxylic acids is 1. The van der Waals surface area contributed by atoms with Crippen molar-refractivity contribution in [2.24, 2.45) is 0 Å². The Kier molecular flexibility index (Phi) is 7.92. The molecule has 30 heavy (non-hydrogen) atoms. The van der Waals surface area contributed by atoms with Gasteiger partial charge >= 0.3 is 0 Å². The number of para-hydroxylation sites is 1. The molecular weight excluding hydrogens is 408 g/mol. The zero-order valence-corrected chi connectivity index (χ0v) is 17.4. The Hall–Kier alpha value is -2.78. The normalized spacial score (nSPS) is 13.3. The second-order valence-corrected chi connectivity index (χ2v) is 8.44. The highest BCUT2D eigenvalue weighted by atomic mass is 32.2. The van der Waals surface area contributed by atoms with Gasteiger partial charge in [-0.15, -0.1) is 0 Å². The van der Waals surface area contributed by atoms with E-state index in [-0.39, 0.29) is 23.8 Å². The van der Waals surface area contributed by atoms with Crippen LogP contribution >= 0.6 is 0 Å². The standard InChI is InChI=1S/C21H26N2O6S/c24-21(22-12-15-27-17-6-2-1-3-7-17)8-4-11-23-30(25,26)18-9-10-19-20(16-18)29-14-5-13-28-19/h1-3,6-7,9-10,16,23H,4-5,8,11-15H2,(H,22,24). The third-order valence-electron chi connectivity index (χ3n) is 4.34. The van der Waals surface area contributed by atoms with E-state index in [1.807, 2.05) is 30.3 Å². The van der Waals surface area contributed by atoms with Crippen LogP contribution in [-0.4, -0.2) is 47.2 Å². The van der Waals surface area contributed by atoms with Crippen molar-refractivity contribution in [2.75, 3.05) is 32.9 Å². The van der Waals surface area contributed by atoms with Gasteiger partial charge in [-0.25, -0.2) is 13.1 Å². The summed E-state index contributed by atoms with van der Waals surface area (Å²) in [5.41, 5.74) is 0. The number of nitrogens with one attached hydrogen (secondary N) is 2. The molecule has 3 rings (SSSR count). The second-order valence-electron chi connectivity index (χ2n) is 6.67. The van der Waals surface area contributed by atoms with Crippen molar-refractivity contribution >= 4 is 15.9 Å². The number of carbonyl (C=O) groups is 1. The molecule has 0 aromatic heterocycles. The first-order valence-electron chi connectivity index (χ1n) is 9.88. The van der Waals surface area contributed by atoms with E-state index >= 15 is 0 Å². The Bertz CT molecular complexity index is 934. The molecule has 1 amide bonds. The fourth-order valence-corrected chi connectivity index (χ4v) is 3.90. The topological polar surface area (TPSA) is 103 Å². The molecule has 0 saturated heterocycles. The van der Waals surface area contributed by atoms with Crippen LogP contribution in [0.25, 0.3) is 0 Å². The Morgan fingerprint density at radius 1 is 1.00 bits per heavy atom. The van der Waals surface area contributed by atoms with Crippen molar-refractivity contribution < 1.29 is 27.4 Å². The Labute approximate surface area is 176 Å². The first-order valence-corrected chi connectivity index (χ1v) is 11.4. The van der Waals surface area contributed by atoms with E-state index in [2.05, 4.69) is 10.0 Å². The van der Waals surface area contributed by atoms with Crippen LogP contribution in [0, 0.1) is 0 Å². The van der Waals surface area contributed by atoms with Crippen molar-refractivity contribution in [3.63, 3.8) is 0 Å². The highest BCUT2D eigenvalue weighted by Crippen LogP contribution is 2.31. The van der Waals surface area contributed by atoms with Crippen LogP contribution in [0.3, 0.4) is 0 Å². The molecule has 0 spiro atoms. The molecule has 2 N–H and O–H groups in total. The number of sulfonamides is 1. The fourth-order valence-electron chi connectivity index (χ4n) is 2.81. The number of ether oxygens (including phenoxy) is 3. The van der Waals surface area contributed by atoms with Gasteiger partial charge in [-0.3, -0.25) is 4.79 Å². The van der Waals surface area contributed by atoms with Crippen LogP contribution in [0.15, 0.2) is 53.4 Å². The molecule has 162 valence electrons. The van der Waals surface area contributed by atoms with Gasteiger partial charge in [0.2, 0.25) is 15.9 Å². The predicted molar refractivity (Wildman–Crippen MR) is 111 cm³/mol. The molecule has 1 aliphatic heterocycles. The van der Waals surface area contributed by atoms with Gasteiger partial charge in [0.1, 0.15) is 12.4 Å². The number of hydrogen-bond donors (Lipinski definition) is 2. The summed E-state index contributed by atoms with van der Waals surface area (Å²) < 4.78 is 44.0. The molecule has 0 aliphatic carbocycles. The molecule has 2 aromatic rings. The maximum atomic E-state index is 12.5. The van der Waals surface area contributed by atoms with Crippen molar-refractivity contribution in [3.8, 4) is 17.2 Å². The average Bonchev–Trinajstić information content (AvgIpc) is 3.00.